The van der Waals surface area contributed by atoms with Crippen LogP contribution in [0.4, 0.5) is 13.2 Å². The van der Waals surface area contributed by atoms with Crippen molar-refractivity contribution in [3.05, 3.63) is 35.4 Å². The lowest BCUT2D eigenvalue weighted by atomic mass is 9.93. The van der Waals surface area contributed by atoms with Crippen molar-refractivity contribution in [3.8, 4) is 0 Å². The zero-order valence-electron chi connectivity index (χ0n) is 10.1. The molecule has 1 heterocycles. The van der Waals surface area contributed by atoms with Crippen LogP contribution in [0.3, 0.4) is 0 Å². The molecule has 1 aromatic carbocycles. The van der Waals surface area contributed by atoms with Crippen LogP contribution < -0.4 is 10.6 Å². The lowest BCUT2D eigenvalue weighted by Crippen LogP contribution is -2.42. The van der Waals surface area contributed by atoms with Crippen molar-refractivity contribution in [2.45, 2.75) is 24.9 Å². The molecule has 0 radical (unpaired) electrons. The van der Waals surface area contributed by atoms with Crippen molar-refractivity contribution in [1.29, 1.82) is 0 Å². The second-order valence-corrected chi connectivity index (χ2v) is 4.54. The summed E-state index contributed by atoms with van der Waals surface area (Å²) in [6.45, 7) is 0.608. The average Bonchev–Trinajstić information content (AvgIpc) is 2.39. The molecular formula is C13H17F3N2. The van der Waals surface area contributed by atoms with Crippen LogP contribution >= 0.6 is 0 Å². The van der Waals surface area contributed by atoms with E-state index in [-0.39, 0.29) is 12.1 Å². The molecule has 2 N–H and O–H groups in total. The fourth-order valence-electron chi connectivity index (χ4n) is 2.38. The van der Waals surface area contributed by atoms with Crippen LogP contribution in [0.1, 0.15) is 24.4 Å². The maximum absolute atomic E-state index is 13.6. The molecule has 2 unspecified atom stereocenters. The van der Waals surface area contributed by atoms with Crippen molar-refractivity contribution in [2.24, 2.45) is 0 Å². The normalized spacial score (nSPS) is 24.2. The summed E-state index contributed by atoms with van der Waals surface area (Å²) in [6.07, 6.45) is 1.51. The first-order chi connectivity index (χ1) is 8.70. The van der Waals surface area contributed by atoms with Gasteiger partial charge in [-0.15, -0.1) is 0 Å². The molecule has 0 amide bonds. The molecule has 0 saturated carbocycles. The van der Waals surface area contributed by atoms with Gasteiger partial charge in [0.2, 0.25) is 0 Å². The van der Waals surface area contributed by atoms with Gasteiger partial charge >= 0.3 is 0 Å². The maximum atomic E-state index is 13.6. The van der Waals surface area contributed by atoms with E-state index in [9.17, 15) is 13.2 Å². The van der Waals surface area contributed by atoms with Crippen LogP contribution in [0.2, 0.25) is 0 Å². The quantitative estimate of drug-likeness (QED) is 0.866. The summed E-state index contributed by atoms with van der Waals surface area (Å²) in [7, 11) is 0. The van der Waals surface area contributed by atoms with Crippen LogP contribution in [-0.2, 0) is 0 Å². The minimum Gasteiger partial charge on any atom is -0.311 e. The molecule has 1 aliphatic heterocycles. The first kappa shape index (κ1) is 13.4. The number of benzene rings is 1. The Labute approximate surface area is 105 Å². The molecule has 1 fully saturated rings. The summed E-state index contributed by atoms with van der Waals surface area (Å²) in [6, 6.07) is 3.41. The van der Waals surface area contributed by atoms with Crippen molar-refractivity contribution < 1.29 is 13.2 Å². The highest BCUT2D eigenvalue weighted by atomic mass is 19.1. The third kappa shape index (κ3) is 3.23. The highest BCUT2D eigenvalue weighted by Crippen LogP contribution is 2.26. The topological polar surface area (TPSA) is 24.1 Å². The number of hydrogen-bond acceptors (Lipinski definition) is 2. The molecule has 0 spiro atoms. The van der Waals surface area contributed by atoms with Gasteiger partial charge in [0.1, 0.15) is 18.3 Å². The summed E-state index contributed by atoms with van der Waals surface area (Å²) < 4.78 is 38.9. The molecule has 0 bridgehead atoms. The molecule has 1 aliphatic rings. The van der Waals surface area contributed by atoms with Crippen molar-refractivity contribution >= 4 is 0 Å². The minimum atomic E-state index is -0.438. The van der Waals surface area contributed by atoms with Gasteiger partial charge in [-0.25, -0.2) is 13.2 Å². The van der Waals surface area contributed by atoms with E-state index in [4.69, 9.17) is 0 Å². The Bertz CT molecular complexity index is 398. The summed E-state index contributed by atoms with van der Waals surface area (Å²) in [5, 5.41) is 6.24. The molecule has 0 aromatic heterocycles. The Morgan fingerprint density at radius 1 is 1.33 bits per heavy atom. The zero-order valence-corrected chi connectivity index (χ0v) is 10.1. The number of alkyl halides is 1. The van der Waals surface area contributed by atoms with Crippen LogP contribution in [0.5, 0.6) is 0 Å². The largest absolute Gasteiger partial charge is 0.311 e. The van der Waals surface area contributed by atoms with Crippen molar-refractivity contribution in [2.75, 3.05) is 19.8 Å². The van der Waals surface area contributed by atoms with E-state index in [1.165, 1.54) is 6.07 Å². The van der Waals surface area contributed by atoms with Gasteiger partial charge in [-0.2, -0.15) is 0 Å². The summed E-state index contributed by atoms with van der Waals surface area (Å²) >= 11 is 0. The van der Waals surface area contributed by atoms with E-state index < -0.39 is 18.3 Å². The third-order valence-corrected chi connectivity index (χ3v) is 3.26. The molecule has 5 heteroatoms. The van der Waals surface area contributed by atoms with E-state index in [1.807, 2.05) is 0 Å². The summed E-state index contributed by atoms with van der Waals surface area (Å²) in [4.78, 5) is 0. The van der Waals surface area contributed by atoms with Crippen LogP contribution in [-0.4, -0.2) is 25.8 Å². The molecule has 1 aromatic rings. The maximum Gasteiger partial charge on any atom is 0.128 e. The predicted octanol–water partition coefficient (Wildman–Crippen LogP) is 2.32. The van der Waals surface area contributed by atoms with E-state index >= 15 is 0 Å². The van der Waals surface area contributed by atoms with Crippen LogP contribution in [0, 0.1) is 11.6 Å². The van der Waals surface area contributed by atoms with Gasteiger partial charge in [0.25, 0.3) is 0 Å². The van der Waals surface area contributed by atoms with E-state index in [1.54, 1.807) is 0 Å². The SMILES string of the molecule is FCCNC1CCNC(c2cc(F)ccc2F)C1. The monoisotopic (exact) mass is 258 g/mol. The van der Waals surface area contributed by atoms with Gasteiger partial charge in [-0.05, 0) is 37.6 Å². The molecule has 18 heavy (non-hydrogen) atoms. The van der Waals surface area contributed by atoms with Crippen LogP contribution in [0.15, 0.2) is 18.2 Å². The first-order valence-corrected chi connectivity index (χ1v) is 6.18. The minimum absolute atomic E-state index is 0.148. The second kappa shape index (κ2) is 6.20. The van der Waals surface area contributed by atoms with Crippen molar-refractivity contribution in [3.63, 3.8) is 0 Å². The number of piperidine rings is 1. The number of halogens is 3. The summed E-state index contributed by atoms with van der Waals surface area (Å²) in [5.74, 6) is -0.841. The van der Waals surface area contributed by atoms with Gasteiger partial charge < -0.3 is 10.6 Å². The highest BCUT2D eigenvalue weighted by Gasteiger charge is 2.24. The Morgan fingerprint density at radius 2 is 2.17 bits per heavy atom. The lowest BCUT2D eigenvalue weighted by Gasteiger charge is -2.31. The van der Waals surface area contributed by atoms with Gasteiger partial charge in [0.05, 0.1) is 0 Å². The highest BCUT2D eigenvalue weighted by molar-refractivity contribution is 5.23. The Hall–Kier alpha value is -1.07. The molecular weight excluding hydrogens is 241 g/mol. The molecule has 100 valence electrons. The second-order valence-electron chi connectivity index (χ2n) is 4.54. The van der Waals surface area contributed by atoms with Crippen molar-refractivity contribution in [1.82, 2.24) is 10.6 Å². The van der Waals surface area contributed by atoms with E-state index in [0.29, 0.717) is 25.1 Å². The fourth-order valence-corrected chi connectivity index (χ4v) is 2.38. The Balaban J connectivity index is 2.05. The average molecular weight is 258 g/mol. The first-order valence-electron chi connectivity index (χ1n) is 6.18. The summed E-state index contributed by atoms with van der Waals surface area (Å²) in [5.41, 5.74) is 0.349. The predicted molar refractivity (Wildman–Crippen MR) is 64.1 cm³/mol. The van der Waals surface area contributed by atoms with Gasteiger partial charge in [-0.3, -0.25) is 0 Å². The Morgan fingerprint density at radius 3 is 2.94 bits per heavy atom. The molecule has 2 rings (SSSR count). The van der Waals surface area contributed by atoms with E-state index in [0.717, 1.165) is 18.6 Å². The van der Waals surface area contributed by atoms with Gasteiger partial charge in [0, 0.05) is 24.2 Å². The number of rotatable bonds is 4. The van der Waals surface area contributed by atoms with Gasteiger partial charge in [-0.1, -0.05) is 0 Å². The lowest BCUT2D eigenvalue weighted by molar-refractivity contribution is 0.308. The number of nitrogens with one attached hydrogen (secondary N) is 2. The third-order valence-electron chi connectivity index (χ3n) is 3.26. The number of hydrogen-bond donors (Lipinski definition) is 2. The smallest absolute Gasteiger partial charge is 0.128 e. The fraction of sp³-hybridized carbons (Fsp3) is 0.538. The van der Waals surface area contributed by atoms with E-state index in [2.05, 4.69) is 10.6 Å². The molecule has 2 nitrogen and oxygen atoms in total. The molecule has 0 aliphatic carbocycles. The molecule has 1 saturated heterocycles. The van der Waals surface area contributed by atoms with Gasteiger partial charge in [0.15, 0.2) is 0 Å². The zero-order chi connectivity index (χ0) is 13.0. The Kier molecular flexibility index (Phi) is 4.60. The van der Waals surface area contributed by atoms with Crippen LogP contribution in [0.25, 0.3) is 0 Å². The molecule has 2 atom stereocenters. The standard InChI is InChI=1S/C13H17F3N2/c14-4-6-17-10-3-5-18-13(8-10)11-7-9(15)1-2-12(11)16/h1-2,7,10,13,17-18H,3-6,8H2.